The predicted octanol–water partition coefficient (Wildman–Crippen LogP) is 2.99. The fraction of sp³-hybridized carbons (Fsp3) is 0.556. The second-order valence-electron chi connectivity index (χ2n) is 6.78. The number of fused-ring (bicyclic) bond motifs is 1. The first-order chi connectivity index (χ1) is 12.0. The number of amides is 1. The molecule has 2 unspecified atom stereocenters. The van der Waals surface area contributed by atoms with Gasteiger partial charge in [0.05, 0.1) is 22.6 Å². The maximum atomic E-state index is 12.9. The maximum absolute atomic E-state index is 12.9. The number of carbonyl (C=O) groups excluding carboxylic acids is 1. The van der Waals surface area contributed by atoms with E-state index in [0.29, 0.717) is 40.9 Å². The van der Waals surface area contributed by atoms with Gasteiger partial charge in [0.25, 0.3) is 11.6 Å². The minimum atomic E-state index is -0.843. The van der Waals surface area contributed by atoms with Gasteiger partial charge in [-0.15, -0.1) is 0 Å². The van der Waals surface area contributed by atoms with Gasteiger partial charge in [-0.1, -0.05) is 30.8 Å². The second-order valence-corrected chi connectivity index (χ2v) is 6.78. The number of aromatic nitrogens is 2. The lowest BCUT2D eigenvalue weighted by atomic mass is 9.86. The summed E-state index contributed by atoms with van der Waals surface area (Å²) < 4.78 is 5.17. The molecule has 25 heavy (non-hydrogen) atoms. The molecule has 1 aliphatic carbocycles. The molecule has 2 aromatic rings. The van der Waals surface area contributed by atoms with E-state index in [0.717, 1.165) is 25.7 Å². The Kier molecular flexibility index (Phi) is 5.01. The quantitative estimate of drug-likeness (QED) is 0.886. The van der Waals surface area contributed by atoms with Crippen molar-refractivity contribution in [1.82, 2.24) is 15.5 Å². The molecule has 1 fully saturated rings. The van der Waals surface area contributed by atoms with Crippen molar-refractivity contribution >= 4 is 23.0 Å². The molecule has 0 aromatic carbocycles. The topological polar surface area (TPSA) is 105 Å². The molecule has 0 spiro atoms. The highest BCUT2D eigenvalue weighted by Crippen LogP contribution is 2.25. The minimum Gasteiger partial charge on any atom is -0.481 e. The second kappa shape index (κ2) is 7.21. The summed E-state index contributed by atoms with van der Waals surface area (Å²) in [4.78, 5) is 28.8. The molecule has 1 amide bonds. The lowest BCUT2D eigenvalue weighted by molar-refractivity contribution is -0.143. The van der Waals surface area contributed by atoms with Crippen LogP contribution in [0.5, 0.6) is 0 Å². The van der Waals surface area contributed by atoms with Crippen molar-refractivity contribution in [1.29, 1.82) is 0 Å². The van der Waals surface area contributed by atoms with E-state index in [9.17, 15) is 14.7 Å². The molecule has 2 aromatic heterocycles. The first kappa shape index (κ1) is 17.4. The average Bonchev–Trinajstić information content (AvgIpc) is 2.89. The third-order valence-corrected chi connectivity index (χ3v) is 4.89. The third kappa shape index (κ3) is 3.65. The summed E-state index contributed by atoms with van der Waals surface area (Å²) in [6.45, 7) is 3.54. The van der Waals surface area contributed by atoms with Crippen LogP contribution in [0.4, 0.5) is 0 Å². The Morgan fingerprint density at radius 2 is 1.92 bits per heavy atom. The Morgan fingerprint density at radius 3 is 2.64 bits per heavy atom. The summed E-state index contributed by atoms with van der Waals surface area (Å²) in [6.07, 6.45) is 5.20. The van der Waals surface area contributed by atoms with Crippen molar-refractivity contribution in [3.05, 3.63) is 23.0 Å². The number of carbonyl (C=O) groups is 2. The first-order valence-corrected chi connectivity index (χ1v) is 8.74. The van der Waals surface area contributed by atoms with Gasteiger partial charge in [-0.2, -0.15) is 0 Å². The van der Waals surface area contributed by atoms with Crippen LogP contribution >= 0.6 is 0 Å². The Bertz CT molecular complexity index is 799. The summed E-state index contributed by atoms with van der Waals surface area (Å²) >= 11 is 0. The van der Waals surface area contributed by atoms with E-state index < -0.39 is 11.9 Å². The van der Waals surface area contributed by atoms with Crippen LogP contribution < -0.4 is 5.32 Å². The Hall–Kier alpha value is -2.44. The van der Waals surface area contributed by atoms with Gasteiger partial charge in [-0.05, 0) is 32.8 Å². The number of nitrogens with zero attached hydrogens (tertiary/aromatic N) is 2. The first-order valence-electron chi connectivity index (χ1n) is 8.74. The highest BCUT2D eigenvalue weighted by molar-refractivity contribution is 6.06. The van der Waals surface area contributed by atoms with Gasteiger partial charge in [-0.25, -0.2) is 4.98 Å². The van der Waals surface area contributed by atoms with E-state index in [2.05, 4.69) is 15.5 Å². The smallest absolute Gasteiger partial charge is 0.308 e. The summed E-state index contributed by atoms with van der Waals surface area (Å²) in [5.41, 5.74) is 2.02. The van der Waals surface area contributed by atoms with Gasteiger partial charge >= 0.3 is 5.97 Å². The lowest BCUT2D eigenvalue weighted by Crippen LogP contribution is -2.44. The van der Waals surface area contributed by atoms with Crippen LogP contribution in [-0.4, -0.2) is 33.2 Å². The lowest BCUT2D eigenvalue weighted by Gasteiger charge is -2.27. The standard InChI is InChI=1S/C18H23N3O4/c1-10-9-13(15-11(2)21-25-17(15)19-10)16(22)20-14-8-6-4-3-5-7-12(14)18(23)24/h9,12,14H,3-8H2,1-2H3,(H,20,22)(H,23,24). The zero-order chi connectivity index (χ0) is 18.0. The Morgan fingerprint density at radius 1 is 1.20 bits per heavy atom. The Balaban J connectivity index is 1.90. The highest BCUT2D eigenvalue weighted by Gasteiger charge is 2.31. The molecule has 0 bridgehead atoms. The number of hydrogen-bond donors (Lipinski definition) is 2. The van der Waals surface area contributed by atoms with Crippen molar-refractivity contribution < 1.29 is 19.2 Å². The van der Waals surface area contributed by atoms with Crippen LogP contribution in [-0.2, 0) is 4.79 Å². The van der Waals surface area contributed by atoms with E-state index in [-0.39, 0.29) is 11.9 Å². The molecule has 2 N–H and O–H groups in total. The van der Waals surface area contributed by atoms with Crippen molar-refractivity contribution in [2.24, 2.45) is 5.92 Å². The molecule has 2 heterocycles. The number of pyridine rings is 1. The van der Waals surface area contributed by atoms with Gasteiger partial charge < -0.3 is 14.9 Å². The van der Waals surface area contributed by atoms with Crippen molar-refractivity contribution in [2.45, 2.75) is 58.4 Å². The summed E-state index contributed by atoms with van der Waals surface area (Å²) in [6, 6.07) is 1.33. The molecule has 2 atom stereocenters. The number of hydrogen-bond acceptors (Lipinski definition) is 5. The summed E-state index contributed by atoms with van der Waals surface area (Å²) in [7, 11) is 0. The number of aliphatic carboxylic acids is 1. The molecule has 1 aliphatic rings. The molecule has 0 saturated heterocycles. The molecule has 1 saturated carbocycles. The van der Waals surface area contributed by atoms with Crippen LogP contribution in [0.1, 0.15) is 60.3 Å². The van der Waals surface area contributed by atoms with Crippen molar-refractivity contribution in [3.63, 3.8) is 0 Å². The van der Waals surface area contributed by atoms with Crippen molar-refractivity contribution in [3.8, 4) is 0 Å². The molecule has 3 rings (SSSR count). The summed E-state index contributed by atoms with van der Waals surface area (Å²) in [5.74, 6) is -1.69. The largest absolute Gasteiger partial charge is 0.481 e. The number of carboxylic acids is 1. The zero-order valence-electron chi connectivity index (χ0n) is 14.5. The Labute approximate surface area is 145 Å². The number of carboxylic acid groups (broad SMARTS) is 1. The molecular formula is C18H23N3O4. The monoisotopic (exact) mass is 345 g/mol. The van der Waals surface area contributed by atoms with Gasteiger partial charge in [0.2, 0.25) is 0 Å². The number of aryl methyl sites for hydroxylation is 2. The fourth-order valence-corrected chi connectivity index (χ4v) is 3.60. The predicted molar refractivity (Wildman–Crippen MR) is 91.4 cm³/mol. The van der Waals surface area contributed by atoms with Gasteiger partial charge in [0, 0.05) is 11.7 Å². The van der Waals surface area contributed by atoms with E-state index in [4.69, 9.17) is 4.52 Å². The molecule has 7 heteroatoms. The van der Waals surface area contributed by atoms with Crippen molar-refractivity contribution in [2.75, 3.05) is 0 Å². The fourth-order valence-electron chi connectivity index (χ4n) is 3.60. The van der Waals surface area contributed by atoms with Crippen LogP contribution in [0.3, 0.4) is 0 Å². The SMILES string of the molecule is Cc1cc(C(=O)NC2CCCCCCC2C(=O)O)c2c(C)noc2n1. The van der Waals surface area contributed by atoms with E-state index in [1.165, 1.54) is 0 Å². The third-order valence-electron chi connectivity index (χ3n) is 4.89. The number of nitrogens with one attached hydrogen (secondary N) is 1. The summed E-state index contributed by atoms with van der Waals surface area (Å²) in [5, 5.41) is 17.0. The number of rotatable bonds is 3. The van der Waals surface area contributed by atoms with Crippen LogP contribution in [0.2, 0.25) is 0 Å². The molecule has 0 aliphatic heterocycles. The minimum absolute atomic E-state index is 0.293. The molecule has 134 valence electrons. The van der Waals surface area contributed by atoms with Crippen LogP contribution in [0.25, 0.3) is 11.1 Å². The van der Waals surface area contributed by atoms with Crippen LogP contribution in [0, 0.1) is 19.8 Å². The average molecular weight is 345 g/mol. The van der Waals surface area contributed by atoms with Crippen LogP contribution in [0.15, 0.2) is 10.6 Å². The highest BCUT2D eigenvalue weighted by atomic mass is 16.5. The molecule has 0 radical (unpaired) electrons. The van der Waals surface area contributed by atoms with Gasteiger partial charge in [0.1, 0.15) is 0 Å². The normalized spacial score (nSPS) is 21.5. The van der Waals surface area contributed by atoms with E-state index >= 15 is 0 Å². The molecular weight excluding hydrogens is 322 g/mol. The van der Waals surface area contributed by atoms with E-state index in [1.807, 2.05) is 0 Å². The van der Waals surface area contributed by atoms with Gasteiger partial charge in [-0.3, -0.25) is 9.59 Å². The van der Waals surface area contributed by atoms with E-state index in [1.54, 1.807) is 19.9 Å². The van der Waals surface area contributed by atoms with Gasteiger partial charge in [0.15, 0.2) is 0 Å². The maximum Gasteiger partial charge on any atom is 0.308 e. The molecule has 7 nitrogen and oxygen atoms in total. The zero-order valence-corrected chi connectivity index (χ0v) is 14.5.